The highest BCUT2D eigenvalue weighted by atomic mass is 16.2. The van der Waals surface area contributed by atoms with Crippen molar-refractivity contribution in [3.05, 3.63) is 54.0 Å². The Morgan fingerprint density at radius 3 is 2.91 bits per heavy atom. The van der Waals surface area contributed by atoms with E-state index in [0.717, 1.165) is 11.4 Å². The Labute approximate surface area is 134 Å². The van der Waals surface area contributed by atoms with Crippen molar-refractivity contribution in [2.75, 3.05) is 11.9 Å². The van der Waals surface area contributed by atoms with Crippen molar-refractivity contribution in [1.82, 2.24) is 14.9 Å². The summed E-state index contributed by atoms with van der Waals surface area (Å²) < 4.78 is 0. The Bertz CT molecular complexity index is 718. The summed E-state index contributed by atoms with van der Waals surface area (Å²) >= 11 is 0. The van der Waals surface area contributed by atoms with Crippen LogP contribution in [-0.2, 0) is 16.1 Å². The van der Waals surface area contributed by atoms with E-state index in [0.29, 0.717) is 18.9 Å². The average molecular weight is 310 g/mol. The van der Waals surface area contributed by atoms with Crippen LogP contribution in [-0.4, -0.2) is 33.2 Å². The molecule has 0 unspecified atom stereocenters. The number of carbonyl (C=O) groups is 2. The van der Waals surface area contributed by atoms with Crippen LogP contribution in [0.3, 0.4) is 0 Å². The van der Waals surface area contributed by atoms with Crippen LogP contribution in [0.2, 0.25) is 0 Å². The molecule has 2 aromatic heterocycles. The zero-order valence-electron chi connectivity index (χ0n) is 12.9. The molecule has 0 aromatic carbocycles. The lowest BCUT2D eigenvalue weighted by Gasteiger charge is -2.16. The van der Waals surface area contributed by atoms with Gasteiger partial charge in [-0.25, -0.2) is 4.98 Å². The Kier molecular flexibility index (Phi) is 4.32. The average Bonchev–Trinajstić information content (AvgIpc) is 2.89. The molecule has 0 saturated carbocycles. The van der Waals surface area contributed by atoms with E-state index in [-0.39, 0.29) is 24.2 Å². The Morgan fingerprint density at radius 1 is 1.30 bits per heavy atom. The molecule has 3 rings (SSSR count). The Morgan fingerprint density at radius 2 is 2.17 bits per heavy atom. The second-order valence-electron chi connectivity index (χ2n) is 5.65. The van der Waals surface area contributed by atoms with Crippen LogP contribution in [0.25, 0.3) is 0 Å². The Hall–Kier alpha value is -2.76. The number of anilines is 1. The van der Waals surface area contributed by atoms with Gasteiger partial charge >= 0.3 is 0 Å². The first-order valence-electron chi connectivity index (χ1n) is 7.54. The molecular formula is C17H18N4O2. The molecule has 23 heavy (non-hydrogen) atoms. The fraction of sp³-hybridized carbons (Fsp3) is 0.294. The normalized spacial score (nSPS) is 17.3. The van der Waals surface area contributed by atoms with Gasteiger partial charge in [0.05, 0.1) is 18.2 Å². The van der Waals surface area contributed by atoms with E-state index in [1.165, 1.54) is 0 Å². The largest absolute Gasteiger partial charge is 0.336 e. The maximum atomic E-state index is 12.3. The van der Waals surface area contributed by atoms with E-state index in [1.807, 2.05) is 37.3 Å². The van der Waals surface area contributed by atoms with Gasteiger partial charge in [0, 0.05) is 24.9 Å². The zero-order chi connectivity index (χ0) is 16.2. The monoisotopic (exact) mass is 310 g/mol. The predicted octanol–water partition coefficient (Wildman–Crippen LogP) is 1.77. The van der Waals surface area contributed by atoms with E-state index in [1.54, 1.807) is 17.2 Å². The van der Waals surface area contributed by atoms with Gasteiger partial charge < -0.3 is 10.2 Å². The molecule has 0 aliphatic carbocycles. The number of hydrogen-bond acceptors (Lipinski definition) is 4. The minimum absolute atomic E-state index is 0.0204. The van der Waals surface area contributed by atoms with Gasteiger partial charge in [-0.1, -0.05) is 12.1 Å². The van der Waals surface area contributed by atoms with Crippen molar-refractivity contribution in [2.45, 2.75) is 19.9 Å². The van der Waals surface area contributed by atoms with Crippen LogP contribution >= 0.6 is 0 Å². The van der Waals surface area contributed by atoms with Gasteiger partial charge in [-0.2, -0.15) is 0 Å². The van der Waals surface area contributed by atoms with Gasteiger partial charge in [-0.05, 0) is 31.2 Å². The number of amides is 2. The van der Waals surface area contributed by atoms with Gasteiger partial charge in [0.1, 0.15) is 5.82 Å². The summed E-state index contributed by atoms with van der Waals surface area (Å²) in [4.78, 5) is 34.6. The maximum absolute atomic E-state index is 12.3. The lowest BCUT2D eigenvalue weighted by molar-refractivity contribution is -0.128. The lowest BCUT2D eigenvalue weighted by atomic mass is 10.1. The second-order valence-corrected chi connectivity index (χ2v) is 5.65. The van der Waals surface area contributed by atoms with Crippen LogP contribution in [0.4, 0.5) is 5.82 Å². The fourth-order valence-corrected chi connectivity index (χ4v) is 2.63. The summed E-state index contributed by atoms with van der Waals surface area (Å²) in [6.07, 6.45) is 1.92. The molecule has 1 saturated heterocycles. The number of likely N-dealkylation sites (tertiary alicyclic amines) is 1. The van der Waals surface area contributed by atoms with Gasteiger partial charge in [0.25, 0.3) is 0 Å². The van der Waals surface area contributed by atoms with E-state index < -0.39 is 0 Å². The SMILES string of the molecule is Cc1cccc(NC(=O)[C@H]2CC(=O)N(Cc3ccccn3)C2)n1. The highest BCUT2D eigenvalue weighted by Crippen LogP contribution is 2.21. The highest BCUT2D eigenvalue weighted by Gasteiger charge is 2.34. The molecule has 1 atom stereocenters. The van der Waals surface area contributed by atoms with Crippen molar-refractivity contribution in [3.63, 3.8) is 0 Å². The molecule has 3 heterocycles. The number of pyridine rings is 2. The number of nitrogens with zero attached hydrogens (tertiary/aromatic N) is 3. The highest BCUT2D eigenvalue weighted by molar-refractivity contribution is 5.96. The second kappa shape index (κ2) is 6.56. The summed E-state index contributed by atoms with van der Waals surface area (Å²) in [5.41, 5.74) is 1.66. The molecule has 118 valence electrons. The topological polar surface area (TPSA) is 75.2 Å². The van der Waals surface area contributed by atoms with Crippen LogP contribution in [0, 0.1) is 12.8 Å². The summed E-state index contributed by atoms with van der Waals surface area (Å²) in [5, 5.41) is 2.79. The van der Waals surface area contributed by atoms with E-state index in [9.17, 15) is 9.59 Å². The number of hydrogen-bond donors (Lipinski definition) is 1. The minimum Gasteiger partial charge on any atom is -0.336 e. The van der Waals surface area contributed by atoms with Crippen LogP contribution in [0.5, 0.6) is 0 Å². The molecule has 2 amide bonds. The smallest absolute Gasteiger partial charge is 0.230 e. The van der Waals surface area contributed by atoms with E-state index in [2.05, 4.69) is 15.3 Å². The third-order valence-electron chi connectivity index (χ3n) is 3.80. The number of nitrogens with one attached hydrogen (secondary N) is 1. The predicted molar refractivity (Wildman–Crippen MR) is 85.4 cm³/mol. The Balaban J connectivity index is 1.61. The molecule has 1 fully saturated rings. The number of carbonyl (C=O) groups excluding carboxylic acids is 2. The summed E-state index contributed by atoms with van der Waals surface area (Å²) in [5.74, 6) is -0.0212. The van der Waals surface area contributed by atoms with Crippen LogP contribution < -0.4 is 5.32 Å². The molecule has 1 aliphatic rings. The first-order chi connectivity index (χ1) is 11.1. The first-order valence-corrected chi connectivity index (χ1v) is 7.54. The molecule has 1 aliphatic heterocycles. The van der Waals surface area contributed by atoms with Crippen molar-refractivity contribution in [3.8, 4) is 0 Å². The summed E-state index contributed by atoms with van der Waals surface area (Å²) in [6, 6.07) is 11.0. The summed E-state index contributed by atoms with van der Waals surface area (Å²) in [6.45, 7) is 2.71. The van der Waals surface area contributed by atoms with Crippen LogP contribution in [0.1, 0.15) is 17.8 Å². The molecule has 6 heteroatoms. The molecule has 1 N–H and O–H groups in total. The van der Waals surface area contributed by atoms with Crippen molar-refractivity contribution in [1.29, 1.82) is 0 Å². The van der Waals surface area contributed by atoms with Crippen molar-refractivity contribution >= 4 is 17.6 Å². The summed E-state index contributed by atoms with van der Waals surface area (Å²) in [7, 11) is 0. The van der Waals surface area contributed by atoms with Crippen molar-refractivity contribution in [2.24, 2.45) is 5.92 Å². The molecule has 0 radical (unpaired) electrons. The standard InChI is InChI=1S/C17H18N4O2/c1-12-5-4-7-15(19-12)20-17(23)13-9-16(22)21(10-13)11-14-6-2-3-8-18-14/h2-8,13H,9-11H2,1H3,(H,19,20,23)/t13-/m0/s1. The quantitative estimate of drug-likeness (QED) is 0.934. The number of aryl methyl sites for hydroxylation is 1. The third kappa shape index (κ3) is 3.71. The molecule has 0 spiro atoms. The zero-order valence-corrected chi connectivity index (χ0v) is 12.9. The fourth-order valence-electron chi connectivity index (χ4n) is 2.63. The molecule has 2 aromatic rings. The number of aromatic nitrogens is 2. The van der Waals surface area contributed by atoms with Gasteiger partial charge in [0.15, 0.2) is 0 Å². The van der Waals surface area contributed by atoms with Crippen LogP contribution in [0.15, 0.2) is 42.6 Å². The first kappa shape index (κ1) is 15.1. The molecular weight excluding hydrogens is 292 g/mol. The third-order valence-corrected chi connectivity index (χ3v) is 3.80. The van der Waals surface area contributed by atoms with Gasteiger partial charge in [0.2, 0.25) is 11.8 Å². The van der Waals surface area contributed by atoms with E-state index in [4.69, 9.17) is 0 Å². The number of rotatable bonds is 4. The minimum atomic E-state index is -0.353. The lowest BCUT2D eigenvalue weighted by Crippen LogP contribution is -2.28. The van der Waals surface area contributed by atoms with Gasteiger partial charge in [-0.3, -0.25) is 14.6 Å². The maximum Gasteiger partial charge on any atom is 0.230 e. The van der Waals surface area contributed by atoms with Gasteiger partial charge in [-0.15, -0.1) is 0 Å². The molecule has 6 nitrogen and oxygen atoms in total. The van der Waals surface area contributed by atoms with Crippen molar-refractivity contribution < 1.29 is 9.59 Å². The van der Waals surface area contributed by atoms with E-state index >= 15 is 0 Å². The molecule has 0 bridgehead atoms.